The molecule has 0 unspecified atom stereocenters. The fourth-order valence-electron chi connectivity index (χ4n) is 4.18. The molecule has 10 nitrogen and oxygen atoms in total. The van der Waals surface area contributed by atoms with Crippen molar-refractivity contribution < 1.29 is 33.8 Å². The van der Waals surface area contributed by atoms with Crippen molar-refractivity contribution >= 4 is 35.7 Å². The Balaban J connectivity index is 0.00000309. The fourth-order valence-corrected chi connectivity index (χ4v) is 5.05. The molecule has 1 aromatic heterocycles. The van der Waals surface area contributed by atoms with Crippen molar-refractivity contribution in [2.75, 3.05) is 20.6 Å². The number of hydrogen-bond donors (Lipinski definition) is 1. The van der Waals surface area contributed by atoms with Gasteiger partial charge in [-0.15, -0.1) is 11.3 Å². The highest BCUT2D eigenvalue weighted by Crippen LogP contribution is 2.18. The van der Waals surface area contributed by atoms with Crippen LogP contribution in [0.3, 0.4) is 0 Å². The van der Waals surface area contributed by atoms with Crippen LogP contribution in [0.4, 0.5) is 0 Å². The number of carboxylic acid groups (broad SMARTS) is 1. The SMILES string of the molecule is CC(=O)N[C@H]1CCCc2csc(n2)C[C@@H](/C=C(C)/C=C/C(C)=C/CN(C)C)OC(=O)/C=C\C=C(/C)C[C@H](C)OC1=O.O=C[O-]. The molecule has 2 rings (SSSR count). The van der Waals surface area contributed by atoms with Crippen LogP contribution in [-0.4, -0.2) is 73.1 Å². The number of ether oxygens (including phenoxy) is 2. The number of rotatable bonds is 6. The largest absolute Gasteiger partial charge is 0.554 e. The first kappa shape index (κ1) is 38.2. The second-order valence-corrected chi connectivity index (χ2v) is 11.9. The minimum Gasteiger partial charge on any atom is -0.554 e. The number of likely N-dealkylation sites (N-methyl/N-ethyl adjacent to an activating group) is 1. The summed E-state index contributed by atoms with van der Waals surface area (Å²) in [4.78, 5) is 52.3. The molecule has 44 heavy (non-hydrogen) atoms. The lowest BCUT2D eigenvalue weighted by Gasteiger charge is -2.20. The molecular formula is C33H46N3O7S-. The van der Waals surface area contributed by atoms with Crippen molar-refractivity contribution in [3.8, 4) is 0 Å². The number of aryl methyl sites for hydroxylation is 1. The van der Waals surface area contributed by atoms with Crippen LogP contribution in [0.15, 0.2) is 64.6 Å². The van der Waals surface area contributed by atoms with E-state index in [1.807, 2.05) is 52.4 Å². The van der Waals surface area contributed by atoms with Crippen molar-refractivity contribution in [2.24, 2.45) is 0 Å². The summed E-state index contributed by atoms with van der Waals surface area (Å²) in [7, 11) is 4.06. The molecule has 0 saturated carbocycles. The topological polar surface area (TPSA) is 138 Å². The van der Waals surface area contributed by atoms with E-state index in [2.05, 4.69) is 29.3 Å². The van der Waals surface area contributed by atoms with Gasteiger partial charge in [-0.1, -0.05) is 47.1 Å². The molecule has 3 atom stereocenters. The molecular weight excluding hydrogens is 582 g/mol. The third kappa shape index (κ3) is 17.3. The van der Waals surface area contributed by atoms with Crippen LogP contribution in [0.5, 0.6) is 0 Å². The van der Waals surface area contributed by atoms with E-state index >= 15 is 0 Å². The van der Waals surface area contributed by atoms with Gasteiger partial charge in [-0.2, -0.15) is 0 Å². The first-order valence-electron chi connectivity index (χ1n) is 14.5. The summed E-state index contributed by atoms with van der Waals surface area (Å²) in [5, 5.41) is 13.8. The van der Waals surface area contributed by atoms with Crippen molar-refractivity contribution in [3.63, 3.8) is 0 Å². The van der Waals surface area contributed by atoms with E-state index in [1.54, 1.807) is 12.2 Å². The number of carbonyl (C=O) groups is 4. The van der Waals surface area contributed by atoms with E-state index in [0.717, 1.165) is 34.0 Å². The minimum atomic E-state index is -0.711. The summed E-state index contributed by atoms with van der Waals surface area (Å²) < 4.78 is 11.4. The Hall–Kier alpha value is -3.83. The predicted molar refractivity (Wildman–Crippen MR) is 171 cm³/mol. The van der Waals surface area contributed by atoms with Gasteiger partial charge in [-0.25, -0.2) is 14.6 Å². The van der Waals surface area contributed by atoms with Gasteiger partial charge in [0.15, 0.2) is 0 Å². The summed E-state index contributed by atoms with van der Waals surface area (Å²) in [6.45, 7) is 9.52. The lowest BCUT2D eigenvalue weighted by atomic mass is 10.1. The molecule has 2 heterocycles. The molecule has 1 N–H and O–H groups in total. The van der Waals surface area contributed by atoms with Gasteiger partial charge in [-0.3, -0.25) is 4.79 Å². The Morgan fingerprint density at radius 2 is 1.84 bits per heavy atom. The number of nitrogens with one attached hydrogen (secondary N) is 1. The Kier molecular flexibility index (Phi) is 18.2. The van der Waals surface area contributed by atoms with Crippen LogP contribution in [0, 0.1) is 0 Å². The highest BCUT2D eigenvalue weighted by Gasteiger charge is 2.23. The minimum absolute atomic E-state index is 0.274. The van der Waals surface area contributed by atoms with Crippen molar-refractivity contribution in [3.05, 3.63) is 75.3 Å². The average molecular weight is 629 g/mol. The quantitative estimate of drug-likeness (QED) is 0.284. The molecule has 0 fully saturated rings. The summed E-state index contributed by atoms with van der Waals surface area (Å²) >= 11 is 1.52. The second kappa shape index (κ2) is 21.0. The Labute approximate surface area is 265 Å². The number of nitrogens with zero attached hydrogens (tertiary/aromatic N) is 2. The molecule has 1 aliphatic heterocycles. The Bertz CT molecular complexity index is 1240. The van der Waals surface area contributed by atoms with Crippen molar-refractivity contribution in [2.45, 2.75) is 85.0 Å². The van der Waals surface area contributed by atoms with Crippen LogP contribution >= 0.6 is 11.3 Å². The van der Waals surface area contributed by atoms with Gasteiger partial charge in [0.1, 0.15) is 18.2 Å². The molecule has 0 spiro atoms. The lowest BCUT2D eigenvalue weighted by Crippen LogP contribution is -2.41. The average Bonchev–Trinajstić information content (AvgIpc) is 3.36. The summed E-state index contributed by atoms with van der Waals surface area (Å²) in [6, 6.07) is -0.711. The number of esters is 2. The summed E-state index contributed by atoms with van der Waals surface area (Å²) in [5.41, 5.74) is 3.98. The molecule has 0 radical (unpaired) electrons. The molecule has 1 aliphatic rings. The van der Waals surface area contributed by atoms with E-state index in [1.165, 1.54) is 24.3 Å². The zero-order chi connectivity index (χ0) is 33.1. The highest BCUT2D eigenvalue weighted by atomic mass is 32.1. The summed E-state index contributed by atoms with van der Waals surface area (Å²) in [5.74, 6) is -1.16. The maximum atomic E-state index is 12.8. The van der Waals surface area contributed by atoms with Gasteiger partial charge in [0.25, 0.3) is 0 Å². The highest BCUT2D eigenvalue weighted by molar-refractivity contribution is 7.09. The van der Waals surface area contributed by atoms with Gasteiger partial charge in [0.2, 0.25) is 5.91 Å². The number of carbonyl (C=O) groups excluding carboxylic acids is 4. The normalized spacial score (nSPS) is 23.1. The predicted octanol–water partition coefficient (Wildman–Crippen LogP) is 3.64. The van der Waals surface area contributed by atoms with E-state index < -0.39 is 30.6 Å². The number of amides is 1. The molecule has 0 aliphatic carbocycles. The van der Waals surface area contributed by atoms with Crippen molar-refractivity contribution in [1.29, 1.82) is 0 Å². The number of allylic oxidation sites excluding steroid dienone is 6. The summed E-state index contributed by atoms with van der Waals surface area (Å²) in [6.07, 6.45) is 14.9. The van der Waals surface area contributed by atoms with Crippen LogP contribution in [-0.2, 0) is 41.5 Å². The van der Waals surface area contributed by atoms with Crippen LogP contribution in [0.25, 0.3) is 0 Å². The number of hydrogen-bond acceptors (Lipinski definition) is 10. The number of fused-ring (bicyclic) bond motifs is 2. The van der Waals surface area contributed by atoms with E-state index in [0.29, 0.717) is 32.1 Å². The monoisotopic (exact) mass is 628 g/mol. The molecule has 242 valence electrons. The van der Waals surface area contributed by atoms with Gasteiger partial charge >= 0.3 is 11.9 Å². The van der Waals surface area contributed by atoms with Gasteiger partial charge < -0.3 is 29.6 Å². The molecule has 2 bridgehead atoms. The Morgan fingerprint density at radius 3 is 2.50 bits per heavy atom. The molecule has 0 aromatic carbocycles. The Morgan fingerprint density at radius 1 is 1.16 bits per heavy atom. The van der Waals surface area contributed by atoms with E-state index in [9.17, 15) is 14.4 Å². The molecule has 11 heteroatoms. The standard InChI is InChI=1S/C32H45N3O5S.CH2O2/c1-22(16-17-35(6)7)14-15-24(3)19-28-20-30-34-27(21-41-30)11-9-12-29(33-26(5)36)32(38)39-25(4)18-23(2)10-8-13-31(37)40-28;2-1-3/h8,10,13-16,19,21,25,28-29H,9,11-12,17-18,20H2,1-7H3,(H,33,36);1H,(H,2,3)/p-1/b13-8-,15-14+,22-16+,23-10+,24-19+;/t25-,28+,29-;/m0./s1. The van der Waals surface area contributed by atoms with Crippen molar-refractivity contribution in [1.82, 2.24) is 15.2 Å². The molecule has 1 amide bonds. The van der Waals surface area contributed by atoms with E-state index in [4.69, 9.17) is 24.4 Å². The zero-order valence-electron chi connectivity index (χ0n) is 26.8. The maximum Gasteiger partial charge on any atom is 0.331 e. The fraction of sp³-hybridized carbons (Fsp3) is 0.485. The lowest BCUT2D eigenvalue weighted by molar-refractivity contribution is -0.283. The first-order chi connectivity index (χ1) is 20.8. The molecule has 0 saturated heterocycles. The van der Waals surface area contributed by atoms with E-state index in [-0.39, 0.29) is 12.0 Å². The first-order valence-corrected chi connectivity index (χ1v) is 15.4. The van der Waals surface area contributed by atoms with Gasteiger partial charge in [0.05, 0.1) is 10.7 Å². The number of aromatic nitrogens is 1. The van der Waals surface area contributed by atoms with Gasteiger partial charge in [-0.05, 0) is 67.1 Å². The zero-order valence-corrected chi connectivity index (χ0v) is 27.6. The third-order valence-corrected chi connectivity index (χ3v) is 7.13. The molecule has 1 aromatic rings. The third-order valence-electron chi connectivity index (χ3n) is 6.21. The number of cyclic esters (lactones) is 2. The van der Waals surface area contributed by atoms with Crippen LogP contribution in [0.1, 0.15) is 64.6 Å². The second-order valence-electron chi connectivity index (χ2n) is 10.9. The number of thiazole rings is 1. The smallest absolute Gasteiger partial charge is 0.331 e. The van der Waals surface area contributed by atoms with Gasteiger partial charge in [0, 0.05) is 44.2 Å². The maximum absolute atomic E-state index is 12.8. The van der Waals surface area contributed by atoms with Crippen LogP contribution < -0.4 is 10.4 Å². The van der Waals surface area contributed by atoms with Crippen LogP contribution in [0.2, 0.25) is 0 Å².